The molecule has 0 heterocycles. The van der Waals surface area contributed by atoms with Crippen LogP contribution in [0.5, 0.6) is 17.2 Å². The lowest BCUT2D eigenvalue weighted by atomic mass is 9.87. The van der Waals surface area contributed by atoms with E-state index in [1.54, 1.807) is 18.2 Å². The van der Waals surface area contributed by atoms with Gasteiger partial charge in [-0.05, 0) is 52.4 Å². The molecule has 0 unspecified atom stereocenters. The van der Waals surface area contributed by atoms with Gasteiger partial charge in [0.05, 0.1) is 5.56 Å². The Balaban J connectivity index is 1.88. The molecule has 0 spiro atoms. The SMILES string of the molecule is CC(C)(C)c1ccc(Oc2cccc(-c3ccc(OC(F)(F)F)cc3)c2C=O)cc1. The minimum atomic E-state index is -4.76. The minimum Gasteiger partial charge on any atom is -0.457 e. The van der Waals surface area contributed by atoms with Gasteiger partial charge >= 0.3 is 6.36 Å². The molecular formula is C24H21F3O3. The van der Waals surface area contributed by atoms with Gasteiger partial charge in [0.25, 0.3) is 0 Å². The Morgan fingerprint density at radius 2 is 1.40 bits per heavy atom. The van der Waals surface area contributed by atoms with Crippen LogP contribution in [-0.2, 0) is 5.41 Å². The van der Waals surface area contributed by atoms with Crippen molar-refractivity contribution in [2.75, 3.05) is 0 Å². The van der Waals surface area contributed by atoms with Gasteiger partial charge < -0.3 is 9.47 Å². The van der Waals surface area contributed by atoms with E-state index in [9.17, 15) is 18.0 Å². The summed E-state index contributed by atoms with van der Waals surface area (Å²) in [4.78, 5) is 11.8. The highest BCUT2D eigenvalue weighted by molar-refractivity contribution is 5.91. The molecule has 0 aliphatic carbocycles. The summed E-state index contributed by atoms with van der Waals surface area (Å²) in [5, 5.41) is 0. The Hall–Kier alpha value is -3.28. The molecule has 3 rings (SSSR count). The van der Waals surface area contributed by atoms with E-state index in [0.717, 1.165) is 5.56 Å². The predicted molar refractivity (Wildman–Crippen MR) is 109 cm³/mol. The molecule has 156 valence electrons. The maximum absolute atomic E-state index is 12.3. The molecule has 3 aromatic carbocycles. The summed E-state index contributed by atoms with van der Waals surface area (Å²) in [6.45, 7) is 6.34. The topological polar surface area (TPSA) is 35.5 Å². The van der Waals surface area contributed by atoms with Crippen molar-refractivity contribution in [2.45, 2.75) is 32.5 Å². The van der Waals surface area contributed by atoms with Gasteiger partial charge in [-0.1, -0.05) is 57.2 Å². The number of carbonyl (C=O) groups excluding carboxylic acids is 1. The fourth-order valence-electron chi connectivity index (χ4n) is 2.99. The van der Waals surface area contributed by atoms with E-state index >= 15 is 0 Å². The quantitative estimate of drug-likeness (QED) is 0.416. The van der Waals surface area contributed by atoms with Gasteiger partial charge in [0.2, 0.25) is 0 Å². The molecule has 0 atom stereocenters. The highest BCUT2D eigenvalue weighted by atomic mass is 19.4. The molecule has 0 saturated heterocycles. The number of benzene rings is 3. The van der Waals surface area contributed by atoms with Crippen LogP contribution in [0.4, 0.5) is 13.2 Å². The van der Waals surface area contributed by atoms with Crippen molar-refractivity contribution in [1.82, 2.24) is 0 Å². The third-order valence-corrected chi connectivity index (χ3v) is 4.53. The summed E-state index contributed by atoms with van der Waals surface area (Å²) in [6.07, 6.45) is -4.08. The molecule has 0 N–H and O–H groups in total. The minimum absolute atomic E-state index is 0.00833. The molecule has 3 aromatic rings. The molecule has 3 nitrogen and oxygen atoms in total. The average molecular weight is 414 g/mol. The summed E-state index contributed by atoms with van der Waals surface area (Å²) in [5.74, 6) is 0.615. The first kappa shape index (κ1) is 21.4. The molecule has 0 aromatic heterocycles. The zero-order chi connectivity index (χ0) is 21.9. The first-order valence-electron chi connectivity index (χ1n) is 9.29. The van der Waals surface area contributed by atoms with E-state index in [2.05, 4.69) is 25.5 Å². The molecule has 0 saturated carbocycles. The van der Waals surface area contributed by atoms with E-state index in [4.69, 9.17) is 4.74 Å². The summed E-state index contributed by atoms with van der Waals surface area (Å²) >= 11 is 0. The number of aldehydes is 1. The van der Waals surface area contributed by atoms with E-state index in [1.165, 1.54) is 24.3 Å². The zero-order valence-corrected chi connectivity index (χ0v) is 16.8. The molecule has 0 aliphatic rings. The Labute approximate surface area is 173 Å². The number of rotatable bonds is 5. The van der Waals surface area contributed by atoms with Gasteiger partial charge in [-0.3, -0.25) is 4.79 Å². The van der Waals surface area contributed by atoms with Gasteiger partial charge in [0.1, 0.15) is 17.2 Å². The van der Waals surface area contributed by atoms with Gasteiger partial charge in [-0.15, -0.1) is 13.2 Å². The highest BCUT2D eigenvalue weighted by Gasteiger charge is 2.31. The Kier molecular flexibility index (Phi) is 5.87. The van der Waals surface area contributed by atoms with Crippen molar-refractivity contribution < 1.29 is 27.4 Å². The first-order valence-corrected chi connectivity index (χ1v) is 9.29. The standard InChI is InChI=1S/C24H21F3O3/c1-23(2,3)17-9-13-18(14-10-17)29-22-6-4-5-20(21(22)15-28)16-7-11-19(12-8-16)30-24(25,26)27/h4-15H,1-3H3. The molecule has 6 heteroatoms. The molecule has 0 radical (unpaired) electrons. The Morgan fingerprint density at radius 1 is 0.800 bits per heavy atom. The monoisotopic (exact) mass is 414 g/mol. The third-order valence-electron chi connectivity index (χ3n) is 4.53. The molecule has 0 bridgehead atoms. The van der Waals surface area contributed by atoms with Crippen LogP contribution in [0.3, 0.4) is 0 Å². The van der Waals surface area contributed by atoms with Crippen molar-refractivity contribution in [3.05, 3.63) is 77.9 Å². The predicted octanol–water partition coefficient (Wildman–Crippen LogP) is 7.15. The number of alkyl halides is 3. The van der Waals surface area contributed by atoms with Gasteiger partial charge in [0, 0.05) is 0 Å². The number of hydrogen-bond donors (Lipinski definition) is 0. The van der Waals surface area contributed by atoms with Gasteiger partial charge in [0.15, 0.2) is 6.29 Å². The molecule has 0 fully saturated rings. The van der Waals surface area contributed by atoms with E-state index in [1.807, 2.05) is 24.3 Å². The van der Waals surface area contributed by atoms with Crippen molar-refractivity contribution in [3.8, 4) is 28.4 Å². The van der Waals surface area contributed by atoms with Crippen molar-refractivity contribution in [2.24, 2.45) is 0 Å². The second-order valence-corrected chi connectivity index (χ2v) is 7.78. The summed E-state index contributed by atoms with van der Waals surface area (Å²) in [7, 11) is 0. The Bertz CT molecular complexity index is 1020. The lowest BCUT2D eigenvalue weighted by molar-refractivity contribution is -0.274. The highest BCUT2D eigenvalue weighted by Crippen LogP contribution is 2.34. The van der Waals surface area contributed by atoms with E-state index in [0.29, 0.717) is 34.5 Å². The van der Waals surface area contributed by atoms with Crippen LogP contribution in [0, 0.1) is 0 Å². The second kappa shape index (κ2) is 8.22. The normalized spacial score (nSPS) is 11.8. The fraction of sp³-hybridized carbons (Fsp3) is 0.208. The second-order valence-electron chi connectivity index (χ2n) is 7.78. The number of carbonyl (C=O) groups is 1. The maximum atomic E-state index is 12.3. The summed E-state index contributed by atoms with van der Waals surface area (Å²) < 4.78 is 46.9. The molecule has 30 heavy (non-hydrogen) atoms. The van der Waals surface area contributed by atoms with Crippen LogP contribution in [0.1, 0.15) is 36.7 Å². The van der Waals surface area contributed by atoms with E-state index < -0.39 is 6.36 Å². The molecule has 0 aliphatic heterocycles. The average Bonchev–Trinajstić information content (AvgIpc) is 2.67. The van der Waals surface area contributed by atoms with Crippen molar-refractivity contribution >= 4 is 6.29 Å². The van der Waals surface area contributed by atoms with Gasteiger partial charge in [-0.25, -0.2) is 0 Å². The van der Waals surface area contributed by atoms with Gasteiger partial charge in [-0.2, -0.15) is 0 Å². The van der Waals surface area contributed by atoms with Crippen LogP contribution in [-0.4, -0.2) is 12.6 Å². The zero-order valence-electron chi connectivity index (χ0n) is 16.8. The number of ether oxygens (including phenoxy) is 2. The summed E-state index contributed by atoms with van der Waals surface area (Å²) in [6, 6.07) is 18.1. The first-order chi connectivity index (χ1) is 14.1. The lowest BCUT2D eigenvalue weighted by Crippen LogP contribution is -2.16. The van der Waals surface area contributed by atoms with Crippen LogP contribution < -0.4 is 9.47 Å². The van der Waals surface area contributed by atoms with Crippen molar-refractivity contribution in [1.29, 1.82) is 0 Å². The van der Waals surface area contributed by atoms with Crippen LogP contribution in [0.15, 0.2) is 66.7 Å². The summed E-state index contributed by atoms with van der Waals surface area (Å²) in [5.41, 5.74) is 2.59. The third kappa shape index (κ3) is 5.20. The maximum Gasteiger partial charge on any atom is 0.573 e. The smallest absolute Gasteiger partial charge is 0.457 e. The molecular weight excluding hydrogens is 393 g/mol. The van der Waals surface area contributed by atoms with E-state index in [-0.39, 0.29) is 11.2 Å². The molecule has 0 amide bonds. The van der Waals surface area contributed by atoms with Crippen LogP contribution in [0.2, 0.25) is 0 Å². The van der Waals surface area contributed by atoms with Crippen LogP contribution in [0.25, 0.3) is 11.1 Å². The number of halogens is 3. The largest absolute Gasteiger partial charge is 0.573 e. The fourth-order valence-corrected chi connectivity index (χ4v) is 2.99. The Morgan fingerprint density at radius 3 is 1.93 bits per heavy atom. The number of hydrogen-bond acceptors (Lipinski definition) is 3. The van der Waals surface area contributed by atoms with Crippen LogP contribution >= 0.6 is 0 Å². The lowest BCUT2D eigenvalue weighted by Gasteiger charge is -2.19. The van der Waals surface area contributed by atoms with Crippen molar-refractivity contribution in [3.63, 3.8) is 0 Å².